The first-order valence-corrected chi connectivity index (χ1v) is 7.58. The zero-order valence-corrected chi connectivity index (χ0v) is 13.9. The first-order chi connectivity index (χ1) is 10.2. The molecule has 0 spiro atoms. The summed E-state index contributed by atoms with van der Waals surface area (Å²) >= 11 is 0. The first-order valence-electron chi connectivity index (χ1n) is 7.58. The van der Waals surface area contributed by atoms with Crippen molar-refractivity contribution >= 4 is 18.3 Å². The maximum atomic E-state index is 12.4. The number of hydrogen-bond donors (Lipinski definition) is 2. The molecule has 1 amide bonds. The molecule has 3 unspecified atom stereocenters. The van der Waals surface area contributed by atoms with Gasteiger partial charge in [-0.3, -0.25) is 4.79 Å². The second-order valence-electron chi connectivity index (χ2n) is 5.39. The molecule has 0 radical (unpaired) electrons. The molecule has 1 heterocycles. The van der Waals surface area contributed by atoms with Crippen LogP contribution in [0.25, 0.3) is 0 Å². The van der Waals surface area contributed by atoms with Crippen molar-refractivity contribution in [3.63, 3.8) is 0 Å². The van der Waals surface area contributed by atoms with Crippen LogP contribution in [-0.4, -0.2) is 30.7 Å². The zero-order chi connectivity index (χ0) is 15.2. The van der Waals surface area contributed by atoms with Gasteiger partial charge in [0.1, 0.15) is 6.10 Å². The minimum absolute atomic E-state index is 0. The fourth-order valence-electron chi connectivity index (χ4n) is 2.39. The summed E-state index contributed by atoms with van der Waals surface area (Å²) in [4.78, 5) is 12.4. The lowest BCUT2D eigenvalue weighted by atomic mass is 10.1. The van der Waals surface area contributed by atoms with Crippen molar-refractivity contribution in [2.45, 2.75) is 51.4 Å². The smallest absolute Gasteiger partial charge is 0.265 e. The van der Waals surface area contributed by atoms with Gasteiger partial charge >= 0.3 is 0 Å². The third-order valence-corrected chi connectivity index (χ3v) is 3.64. The number of rotatable bonds is 6. The number of fused-ring (bicyclic) bond motifs is 1. The Kier molecular flexibility index (Phi) is 7.48. The lowest BCUT2D eigenvalue weighted by Crippen LogP contribution is -2.52. The minimum atomic E-state index is -0.643. The molecule has 0 aliphatic carbocycles. The second kappa shape index (κ2) is 8.86. The van der Waals surface area contributed by atoms with Gasteiger partial charge in [0.2, 0.25) is 6.10 Å². The average molecular weight is 329 g/mol. The fraction of sp³-hybridized carbons (Fsp3) is 0.562. The van der Waals surface area contributed by atoms with Crippen molar-refractivity contribution in [2.75, 3.05) is 6.54 Å². The van der Waals surface area contributed by atoms with Gasteiger partial charge in [0.15, 0.2) is 11.5 Å². The number of halogens is 1. The summed E-state index contributed by atoms with van der Waals surface area (Å²) in [5.74, 6) is 1.12. The molecular formula is C16H25ClN2O3. The van der Waals surface area contributed by atoms with Gasteiger partial charge in [-0.05, 0) is 25.5 Å². The molecule has 0 aromatic heterocycles. The summed E-state index contributed by atoms with van der Waals surface area (Å²) in [6.45, 7) is 4.39. The molecule has 1 aliphatic heterocycles. The van der Waals surface area contributed by atoms with Crippen LogP contribution in [0.15, 0.2) is 24.3 Å². The SMILES string of the molecule is CCCCC(CN)NC(=O)C1Oc2ccccc2OC1C.Cl. The number of hydrogen-bond acceptors (Lipinski definition) is 4. The Morgan fingerprint density at radius 2 is 1.95 bits per heavy atom. The summed E-state index contributed by atoms with van der Waals surface area (Å²) < 4.78 is 11.5. The number of carbonyl (C=O) groups is 1. The predicted molar refractivity (Wildman–Crippen MR) is 88.7 cm³/mol. The highest BCUT2D eigenvalue weighted by Crippen LogP contribution is 2.33. The highest BCUT2D eigenvalue weighted by atomic mass is 35.5. The van der Waals surface area contributed by atoms with Gasteiger partial charge in [0, 0.05) is 12.6 Å². The molecule has 3 N–H and O–H groups in total. The molecule has 2 rings (SSSR count). The molecule has 5 nitrogen and oxygen atoms in total. The van der Waals surface area contributed by atoms with E-state index in [1.165, 1.54) is 0 Å². The fourth-order valence-corrected chi connectivity index (χ4v) is 2.39. The third-order valence-electron chi connectivity index (χ3n) is 3.64. The standard InChI is InChI=1S/C16H24N2O3.ClH/c1-3-4-7-12(10-17)18-16(19)15-11(2)20-13-8-5-6-9-14(13)21-15;/h5-6,8-9,11-12,15H,3-4,7,10,17H2,1-2H3,(H,18,19);1H. The Hall–Kier alpha value is -1.46. The molecule has 0 saturated heterocycles. The van der Waals surface area contributed by atoms with E-state index < -0.39 is 6.10 Å². The van der Waals surface area contributed by atoms with Gasteiger partial charge in [-0.15, -0.1) is 12.4 Å². The number of amides is 1. The van der Waals surface area contributed by atoms with Gasteiger partial charge < -0.3 is 20.5 Å². The number of para-hydroxylation sites is 2. The molecule has 1 aromatic rings. The molecule has 6 heteroatoms. The Morgan fingerprint density at radius 1 is 1.32 bits per heavy atom. The molecule has 3 atom stereocenters. The maximum Gasteiger partial charge on any atom is 0.265 e. The van der Waals surface area contributed by atoms with Crippen molar-refractivity contribution < 1.29 is 14.3 Å². The van der Waals surface area contributed by atoms with Crippen LogP contribution in [0.1, 0.15) is 33.1 Å². The van der Waals surface area contributed by atoms with Gasteiger partial charge in [0.25, 0.3) is 5.91 Å². The lowest BCUT2D eigenvalue weighted by Gasteiger charge is -2.32. The summed E-state index contributed by atoms with van der Waals surface area (Å²) in [6, 6.07) is 7.37. The van der Waals surface area contributed by atoms with E-state index in [0.29, 0.717) is 18.0 Å². The van der Waals surface area contributed by atoms with Crippen molar-refractivity contribution in [2.24, 2.45) is 5.73 Å². The highest BCUT2D eigenvalue weighted by Gasteiger charge is 2.34. The molecule has 0 bridgehead atoms. The van der Waals surface area contributed by atoms with Crippen LogP contribution in [0.5, 0.6) is 11.5 Å². The Morgan fingerprint density at radius 3 is 2.55 bits per heavy atom. The number of carbonyl (C=O) groups excluding carboxylic acids is 1. The van der Waals surface area contributed by atoms with E-state index in [2.05, 4.69) is 12.2 Å². The normalized spacial score (nSPS) is 20.7. The van der Waals surface area contributed by atoms with E-state index in [1.807, 2.05) is 25.1 Å². The molecular weight excluding hydrogens is 304 g/mol. The molecule has 124 valence electrons. The number of nitrogens with one attached hydrogen (secondary N) is 1. The number of ether oxygens (including phenoxy) is 2. The Bertz CT molecular complexity index is 484. The molecule has 1 aliphatic rings. The number of nitrogens with two attached hydrogens (primary N) is 1. The summed E-state index contributed by atoms with van der Waals surface area (Å²) in [6.07, 6.45) is 2.04. The van der Waals surface area contributed by atoms with E-state index >= 15 is 0 Å². The largest absolute Gasteiger partial charge is 0.482 e. The average Bonchev–Trinajstić information content (AvgIpc) is 2.50. The van der Waals surface area contributed by atoms with Crippen LogP contribution >= 0.6 is 12.4 Å². The molecule has 0 saturated carbocycles. The quantitative estimate of drug-likeness (QED) is 0.840. The summed E-state index contributed by atoms with van der Waals surface area (Å²) in [5.41, 5.74) is 5.72. The zero-order valence-electron chi connectivity index (χ0n) is 13.1. The maximum absolute atomic E-state index is 12.4. The third kappa shape index (κ3) is 4.52. The molecule has 1 aromatic carbocycles. The van der Waals surface area contributed by atoms with Crippen molar-refractivity contribution in [1.82, 2.24) is 5.32 Å². The van der Waals surface area contributed by atoms with Gasteiger partial charge in [-0.1, -0.05) is 31.9 Å². The van der Waals surface area contributed by atoms with Gasteiger partial charge in [0.05, 0.1) is 0 Å². The second-order valence-corrected chi connectivity index (χ2v) is 5.39. The first kappa shape index (κ1) is 18.6. The van der Waals surface area contributed by atoms with E-state index in [0.717, 1.165) is 19.3 Å². The highest BCUT2D eigenvalue weighted by molar-refractivity contribution is 5.85. The van der Waals surface area contributed by atoms with Crippen molar-refractivity contribution in [3.05, 3.63) is 24.3 Å². The van der Waals surface area contributed by atoms with Crippen LogP contribution in [-0.2, 0) is 4.79 Å². The van der Waals surface area contributed by atoms with Crippen molar-refractivity contribution in [3.8, 4) is 11.5 Å². The van der Waals surface area contributed by atoms with Crippen LogP contribution in [0.3, 0.4) is 0 Å². The van der Waals surface area contributed by atoms with E-state index in [4.69, 9.17) is 15.2 Å². The minimum Gasteiger partial charge on any atom is -0.482 e. The van der Waals surface area contributed by atoms with Gasteiger partial charge in [-0.2, -0.15) is 0 Å². The summed E-state index contributed by atoms with van der Waals surface area (Å²) in [7, 11) is 0. The topological polar surface area (TPSA) is 73.6 Å². The predicted octanol–water partition coefficient (Wildman–Crippen LogP) is 2.27. The Balaban J connectivity index is 0.00000242. The van der Waals surface area contributed by atoms with E-state index in [1.54, 1.807) is 6.07 Å². The van der Waals surface area contributed by atoms with Crippen LogP contribution in [0.4, 0.5) is 0 Å². The lowest BCUT2D eigenvalue weighted by molar-refractivity contribution is -0.134. The van der Waals surface area contributed by atoms with E-state index in [-0.39, 0.29) is 30.5 Å². The van der Waals surface area contributed by atoms with Crippen LogP contribution in [0, 0.1) is 0 Å². The monoisotopic (exact) mass is 328 g/mol. The van der Waals surface area contributed by atoms with Crippen molar-refractivity contribution in [1.29, 1.82) is 0 Å². The van der Waals surface area contributed by atoms with Gasteiger partial charge in [-0.25, -0.2) is 0 Å². The van der Waals surface area contributed by atoms with Crippen LogP contribution < -0.4 is 20.5 Å². The molecule has 22 heavy (non-hydrogen) atoms. The summed E-state index contributed by atoms with van der Waals surface area (Å²) in [5, 5.41) is 2.96. The number of unbranched alkanes of at least 4 members (excludes halogenated alkanes) is 1. The number of benzene rings is 1. The van der Waals surface area contributed by atoms with Crippen LogP contribution in [0.2, 0.25) is 0 Å². The molecule has 0 fully saturated rings. The van der Waals surface area contributed by atoms with E-state index in [9.17, 15) is 4.79 Å². The Labute approximate surface area is 138 Å².